The Kier molecular flexibility index (Phi) is 8.92. The molecule has 0 bridgehead atoms. The summed E-state index contributed by atoms with van der Waals surface area (Å²) in [7, 11) is 0. The normalized spacial score (nSPS) is 12.0. The highest BCUT2D eigenvalue weighted by Crippen LogP contribution is 2.17. The highest BCUT2D eigenvalue weighted by molar-refractivity contribution is 5.83. The molecule has 0 amide bonds. The van der Waals surface area contributed by atoms with Crippen LogP contribution in [0.2, 0.25) is 0 Å². The predicted molar refractivity (Wildman–Crippen MR) is 86.2 cm³/mol. The quantitative estimate of drug-likeness (QED) is 0.475. The first kappa shape index (κ1) is 22.3. The summed E-state index contributed by atoms with van der Waals surface area (Å²) in [6.07, 6.45) is 0. The number of aliphatic hydroxyl groups excluding tert-OH is 1. The molecule has 1 N–H and O–H groups in total. The summed E-state index contributed by atoms with van der Waals surface area (Å²) in [6.45, 7) is 9.62. The van der Waals surface area contributed by atoms with Gasteiger partial charge in [-0.2, -0.15) is 0 Å². The fourth-order valence-corrected chi connectivity index (χ4v) is 1.67. The van der Waals surface area contributed by atoms with E-state index in [9.17, 15) is 14.4 Å². The van der Waals surface area contributed by atoms with Gasteiger partial charge in [0.15, 0.2) is 0 Å². The Morgan fingerprint density at radius 3 is 2.04 bits per heavy atom. The molecule has 0 saturated heterocycles. The summed E-state index contributed by atoms with van der Waals surface area (Å²) in [6, 6.07) is 0. The van der Waals surface area contributed by atoms with Crippen LogP contribution in [-0.4, -0.2) is 72.0 Å². The topological polar surface area (TPSA) is 102 Å². The molecule has 0 heterocycles. The van der Waals surface area contributed by atoms with Gasteiger partial charge in [-0.05, 0) is 34.6 Å². The predicted octanol–water partition coefficient (Wildman–Crippen LogP) is 0.507. The van der Waals surface area contributed by atoms with Crippen molar-refractivity contribution >= 4 is 17.9 Å². The van der Waals surface area contributed by atoms with Crippen molar-refractivity contribution in [1.82, 2.24) is 4.90 Å². The van der Waals surface area contributed by atoms with Gasteiger partial charge in [-0.3, -0.25) is 14.5 Å². The number of carbonyl (C=O) groups excluding carboxylic acids is 3. The fourth-order valence-electron chi connectivity index (χ4n) is 1.67. The van der Waals surface area contributed by atoms with E-state index in [1.54, 1.807) is 25.7 Å². The molecule has 0 aromatic heterocycles. The lowest BCUT2D eigenvalue weighted by Gasteiger charge is -2.29. The standard InChI is InChI=1S/C16H29NO7/c1-12(19)22-10-8-17(7-9-18)11-13(20)23-16(5,6)14(21)24-15(2,3)4/h18H,7-11H2,1-6H3. The first-order chi connectivity index (χ1) is 10.9. The Labute approximate surface area is 143 Å². The van der Waals surface area contributed by atoms with Gasteiger partial charge in [-0.1, -0.05) is 0 Å². The van der Waals surface area contributed by atoms with E-state index < -0.39 is 29.1 Å². The molecule has 0 saturated carbocycles. The average Bonchev–Trinajstić information content (AvgIpc) is 2.35. The minimum Gasteiger partial charge on any atom is -0.465 e. The van der Waals surface area contributed by atoms with Crippen LogP contribution >= 0.6 is 0 Å². The van der Waals surface area contributed by atoms with Crippen molar-refractivity contribution in [2.24, 2.45) is 0 Å². The second kappa shape index (κ2) is 9.58. The van der Waals surface area contributed by atoms with E-state index in [2.05, 4.69) is 0 Å². The average molecular weight is 347 g/mol. The third-order valence-electron chi connectivity index (χ3n) is 2.74. The maximum Gasteiger partial charge on any atom is 0.350 e. The number of hydrogen-bond donors (Lipinski definition) is 1. The van der Waals surface area contributed by atoms with Crippen LogP contribution in [0.15, 0.2) is 0 Å². The number of nitrogens with zero attached hydrogens (tertiary/aromatic N) is 1. The lowest BCUT2D eigenvalue weighted by molar-refractivity contribution is -0.187. The summed E-state index contributed by atoms with van der Waals surface area (Å²) in [5, 5.41) is 9.03. The number of carbonyl (C=O) groups is 3. The zero-order chi connectivity index (χ0) is 19.0. The molecule has 0 aliphatic heterocycles. The molecule has 0 rings (SSSR count). The van der Waals surface area contributed by atoms with E-state index in [0.717, 1.165) is 0 Å². The molecular formula is C16H29NO7. The molecule has 24 heavy (non-hydrogen) atoms. The van der Waals surface area contributed by atoms with Crippen LogP contribution < -0.4 is 0 Å². The molecule has 8 heteroatoms. The largest absolute Gasteiger partial charge is 0.465 e. The summed E-state index contributed by atoms with van der Waals surface area (Å²) in [4.78, 5) is 36.4. The van der Waals surface area contributed by atoms with Crippen LogP contribution in [0.5, 0.6) is 0 Å². The Hall–Kier alpha value is -1.67. The van der Waals surface area contributed by atoms with Crippen molar-refractivity contribution in [3.63, 3.8) is 0 Å². The first-order valence-electron chi connectivity index (χ1n) is 7.79. The van der Waals surface area contributed by atoms with Crippen molar-refractivity contribution in [2.75, 3.05) is 32.8 Å². The van der Waals surface area contributed by atoms with Crippen molar-refractivity contribution < 1.29 is 33.7 Å². The van der Waals surface area contributed by atoms with Crippen LogP contribution in [0.25, 0.3) is 0 Å². The smallest absolute Gasteiger partial charge is 0.350 e. The lowest BCUT2D eigenvalue weighted by atomic mass is 10.1. The van der Waals surface area contributed by atoms with Gasteiger partial charge in [0, 0.05) is 20.0 Å². The third kappa shape index (κ3) is 10.2. The maximum atomic E-state index is 12.1. The molecule has 0 spiro atoms. The summed E-state index contributed by atoms with van der Waals surface area (Å²) >= 11 is 0. The second-order valence-electron chi connectivity index (χ2n) is 6.83. The van der Waals surface area contributed by atoms with E-state index in [1.165, 1.54) is 20.8 Å². The first-order valence-corrected chi connectivity index (χ1v) is 7.79. The minimum atomic E-state index is -1.43. The molecule has 0 unspecified atom stereocenters. The molecule has 0 radical (unpaired) electrons. The van der Waals surface area contributed by atoms with E-state index in [0.29, 0.717) is 0 Å². The number of esters is 3. The number of hydrogen-bond acceptors (Lipinski definition) is 8. The summed E-state index contributed by atoms with van der Waals surface area (Å²) in [5.41, 5.74) is -2.11. The molecule has 0 aliphatic carbocycles. The van der Waals surface area contributed by atoms with Gasteiger partial charge in [0.1, 0.15) is 12.2 Å². The van der Waals surface area contributed by atoms with E-state index in [4.69, 9.17) is 19.3 Å². The van der Waals surface area contributed by atoms with Crippen molar-refractivity contribution in [2.45, 2.75) is 52.7 Å². The molecule has 0 fully saturated rings. The van der Waals surface area contributed by atoms with Gasteiger partial charge >= 0.3 is 17.9 Å². The Morgan fingerprint density at radius 1 is 1.00 bits per heavy atom. The molecule has 0 atom stereocenters. The van der Waals surface area contributed by atoms with E-state index in [-0.39, 0.29) is 32.8 Å². The van der Waals surface area contributed by atoms with E-state index >= 15 is 0 Å². The van der Waals surface area contributed by atoms with E-state index in [1.807, 2.05) is 0 Å². The molecule has 0 aromatic rings. The van der Waals surface area contributed by atoms with Gasteiger partial charge in [0.05, 0.1) is 13.2 Å². The van der Waals surface area contributed by atoms with Gasteiger partial charge < -0.3 is 19.3 Å². The monoisotopic (exact) mass is 347 g/mol. The SMILES string of the molecule is CC(=O)OCCN(CCO)CC(=O)OC(C)(C)C(=O)OC(C)(C)C. The summed E-state index contributed by atoms with van der Waals surface area (Å²) < 4.78 is 15.2. The molecule has 8 nitrogen and oxygen atoms in total. The van der Waals surface area contributed by atoms with Crippen LogP contribution in [-0.2, 0) is 28.6 Å². The van der Waals surface area contributed by atoms with Gasteiger partial charge in [-0.15, -0.1) is 0 Å². The van der Waals surface area contributed by atoms with Crippen LogP contribution in [0.1, 0.15) is 41.5 Å². The van der Waals surface area contributed by atoms with Gasteiger partial charge in [-0.25, -0.2) is 4.79 Å². The minimum absolute atomic E-state index is 0.0953. The number of aliphatic hydroxyl groups is 1. The number of ether oxygens (including phenoxy) is 3. The second-order valence-corrected chi connectivity index (χ2v) is 6.83. The Balaban J connectivity index is 4.58. The molecular weight excluding hydrogens is 318 g/mol. The van der Waals surface area contributed by atoms with Crippen LogP contribution in [0, 0.1) is 0 Å². The third-order valence-corrected chi connectivity index (χ3v) is 2.74. The van der Waals surface area contributed by atoms with Crippen LogP contribution in [0.4, 0.5) is 0 Å². The maximum absolute atomic E-state index is 12.1. The van der Waals surface area contributed by atoms with Crippen LogP contribution in [0.3, 0.4) is 0 Å². The lowest BCUT2D eigenvalue weighted by Crippen LogP contribution is -2.45. The molecule has 0 aromatic carbocycles. The van der Waals surface area contributed by atoms with Gasteiger partial charge in [0.2, 0.25) is 5.60 Å². The highest BCUT2D eigenvalue weighted by atomic mass is 16.6. The zero-order valence-electron chi connectivity index (χ0n) is 15.4. The Bertz CT molecular complexity index is 440. The van der Waals surface area contributed by atoms with Crippen molar-refractivity contribution in [1.29, 1.82) is 0 Å². The fraction of sp³-hybridized carbons (Fsp3) is 0.812. The molecule has 140 valence electrons. The zero-order valence-corrected chi connectivity index (χ0v) is 15.4. The Morgan fingerprint density at radius 2 is 1.58 bits per heavy atom. The molecule has 0 aliphatic rings. The highest BCUT2D eigenvalue weighted by Gasteiger charge is 2.36. The number of rotatable bonds is 9. The summed E-state index contributed by atoms with van der Waals surface area (Å²) in [5.74, 6) is -1.70. The van der Waals surface area contributed by atoms with Gasteiger partial charge in [0.25, 0.3) is 0 Å². The van der Waals surface area contributed by atoms with Crippen molar-refractivity contribution in [3.05, 3.63) is 0 Å². The van der Waals surface area contributed by atoms with Crippen molar-refractivity contribution in [3.8, 4) is 0 Å².